The van der Waals surface area contributed by atoms with Crippen LogP contribution in [0.25, 0.3) is 11.0 Å². The number of methoxy groups -OCH3 is 1. The zero-order valence-corrected chi connectivity index (χ0v) is 17.8. The topological polar surface area (TPSA) is 78.0 Å². The molecule has 8 heteroatoms. The normalized spacial score (nSPS) is 10.7. The second-order valence-electron chi connectivity index (χ2n) is 6.52. The summed E-state index contributed by atoms with van der Waals surface area (Å²) < 4.78 is 7.67. The summed E-state index contributed by atoms with van der Waals surface area (Å²) in [5, 5.41) is 3.42. The van der Waals surface area contributed by atoms with Gasteiger partial charge in [0.2, 0.25) is 5.95 Å². The quantitative estimate of drug-likeness (QED) is 0.380. The molecule has 28 heavy (non-hydrogen) atoms. The van der Waals surface area contributed by atoms with Crippen molar-refractivity contribution in [3.8, 4) is 5.75 Å². The van der Waals surface area contributed by atoms with E-state index in [0.717, 1.165) is 46.7 Å². The van der Waals surface area contributed by atoms with E-state index in [-0.39, 0.29) is 18.4 Å². The predicted molar refractivity (Wildman–Crippen MR) is 119 cm³/mol. The van der Waals surface area contributed by atoms with Gasteiger partial charge < -0.3 is 20.4 Å². The molecule has 0 amide bonds. The fraction of sp³-hybridized carbons (Fsp3) is 0.400. The fourth-order valence-electron chi connectivity index (χ4n) is 3.15. The number of hydrogen-bond donors (Lipinski definition) is 2. The van der Waals surface area contributed by atoms with E-state index in [0.29, 0.717) is 12.4 Å². The number of hydrogen-bond acceptors (Lipinski definition) is 5. The predicted octanol–water partition coefficient (Wildman–Crippen LogP) is 4.83. The Bertz CT molecular complexity index is 913. The van der Waals surface area contributed by atoms with Crippen LogP contribution in [0.5, 0.6) is 5.75 Å². The number of nitrogens with one attached hydrogen (secondary N) is 1. The minimum atomic E-state index is 0. The zero-order valence-electron chi connectivity index (χ0n) is 16.2. The Labute approximate surface area is 176 Å². The molecule has 3 rings (SSSR count). The average Bonchev–Trinajstić information content (AvgIpc) is 3.08. The van der Waals surface area contributed by atoms with Crippen molar-refractivity contribution in [2.45, 2.75) is 38.6 Å². The first-order valence-electron chi connectivity index (χ1n) is 9.24. The molecule has 2 aromatic heterocycles. The number of rotatable bonds is 9. The molecule has 2 heterocycles. The average molecular weight is 424 g/mol. The number of alkyl halides is 1. The van der Waals surface area contributed by atoms with Gasteiger partial charge in [-0.25, -0.2) is 4.98 Å². The standard InChI is InChI=1S/C20H26ClN5O.ClH/c1-3-4-5-9-23-19-18-16(24-20(22)25-19)8-10-26(18)13-15-7-6-14(12-21)11-17(15)27-2;/h6-8,10-11H,3-5,9,12-13H2,1-2H3,(H3,22,23,24,25);1H. The SMILES string of the molecule is CCCCCNc1nc(N)nc2ccn(Cc3ccc(CCl)cc3OC)c12.Cl. The molecule has 0 fully saturated rings. The Kier molecular flexibility index (Phi) is 8.20. The first-order valence-corrected chi connectivity index (χ1v) is 9.77. The van der Waals surface area contributed by atoms with Crippen LogP contribution in [0.4, 0.5) is 11.8 Å². The van der Waals surface area contributed by atoms with Crippen molar-refractivity contribution in [3.05, 3.63) is 41.6 Å². The Morgan fingerprint density at radius 2 is 2.04 bits per heavy atom. The number of ether oxygens (including phenoxy) is 1. The van der Waals surface area contributed by atoms with E-state index in [1.54, 1.807) is 7.11 Å². The van der Waals surface area contributed by atoms with Crippen molar-refractivity contribution in [2.24, 2.45) is 0 Å². The molecule has 1 aromatic carbocycles. The van der Waals surface area contributed by atoms with Gasteiger partial charge in [-0.2, -0.15) is 4.98 Å². The lowest BCUT2D eigenvalue weighted by atomic mass is 10.1. The molecule has 0 saturated carbocycles. The van der Waals surface area contributed by atoms with Crippen LogP contribution >= 0.6 is 24.0 Å². The highest BCUT2D eigenvalue weighted by atomic mass is 35.5. The van der Waals surface area contributed by atoms with Crippen LogP contribution in [0.2, 0.25) is 0 Å². The van der Waals surface area contributed by atoms with Crippen LogP contribution in [0.15, 0.2) is 30.5 Å². The van der Waals surface area contributed by atoms with E-state index in [4.69, 9.17) is 22.1 Å². The number of unbranched alkanes of at least 4 members (excludes halogenated alkanes) is 2. The van der Waals surface area contributed by atoms with Crippen molar-refractivity contribution in [2.75, 3.05) is 24.7 Å². The van der Waals surface area contributed by atoms with E-state index in [2.05, 4.69) is 32.8 Å². The summed E-state index contributed by atoms with van der Waals surface area (Å²) in [6.07, 6.45) is 5.46. The van der Waals surface area contributed by atoms with Gasteiger partial charge in [0, 0.05) is 24.2 Å². The van der Waals surface area contributed by atoms with Crippen molar-refractivity contribution in [1.82, 2.24) is 14.5 Å². The molecule has 0 bridgehead atoms. The highest BCUT2D eigenvalue weighted by molar-refractivity contribution is 6.17. The molecule has 0 spiro atoms. The van der Waals surface area contributed by atoms with Crippen LogP contribution in [0.3, 0.4) is 0 Å². The van der Waals surface area contributed by atoms with Gasteiger partial charge in [-0.05, 0) is 24.1 Å². The van der Waals surface area contributed by atoms with Gasteiger partial charge in [-0.15, -0.1) is 24.0 Å². The number of fused-ring (bicyclic) bond motifs is 1. The molecular weight excluding hydrogens is 397 g/mol. The minimum Gasteiger partial charge on any atom is -0.496 e. The van der Waals surface area contributed by atoms with E-state index in [1.807, 2.05) is 24.4 Å². The Balaban J connectivity index is 0.00000280. The van der Waals surface area contributed by atoms with Crippen LogP contribution in [-0.2, 0) is 12.4 Å². The molecule has 0 unspecified atom stereocenters. The fourth-order valence-corrected chi connectivity index (χ4v) is 3.31. The summed E-state index contributed by atoms with van der Waals surface area (Å²) in [5.41, 5.74) is 9.77. The van der Waals surface area contributed by atoms with Gasteiger partial charge in [0.05, 0.1) is 19.2 Å². The molecule has 0 saturated heterocycles. The molecule has 3 aromatic rings. The Hall–Kier alpha value is -2.18. The number of nitrogens with zero attached hydrogens (tertiary/aromatic N) is 3. The summed E-state index contributed by atoms with van der Waals surface area (Å²) in [6.45, 7) is 3.69. The first-order chi connectivity index (χ1) is 13.2. The van der Waals surface area contributed by atoms with Crippen molar-refractivity contribution < 1.29 is 4.74 Å². The highest BCUT2D eigenvalue weighted by Gasteiger charge is 2.13. The zero-order chi connectivity index (χ0) is 19.2. The van der Waals surface area contributed by atoms with Gasteiger partial charge in [0.25, 0.3) is 0 Å². The third-order valence-corrected chi connectivity index (χ3v) is 4.86. The maximum Gasteiger partial charge on any atom is 0.222 e. The lowest BCUT2D eigenvalue weighted by Crippen LogP contribution is -2.09. The molecule has 0 aliphatic carbocycles. The van der Waals surface area contributed by atoms with E-state index < -0.39 is 0 Å². The number of anilines is 2. The van der Waals surface area contributed by atoms with Crippen LogP contribution in [0, 0.1) is 0 Å². The van der Waals surface area contributed by atoms with E-state index in [9.17, 15) is 0 Å². The van der Waals surface area contributed by atoms with Crippen molar-refractivity contribution >= 4 is 46.8 Å². The third kappa shape index (κ3) is 5.00. The molecule has 0 aliphatic rings. The molecule has 3 N–H and O–H groups in total. The van der Waals surface area contributed by atoms with Gasteiger partial charge in [0.1, 0.15) is 11.3 Å². The number of nitrogen functional groups attached to an aromatic ring is 1. The van der Waals surface area contributed by atoms with Gasteiger partial charge >= 0.3 is 0 Å². The lowest BCUT2D eigenvalue weighted by Gasteiger charge is -2.14. The second-order valence-corrected chi connectivity index (χ2v) is 6.79. The molecular formula is C20H27Cl2N5O. The maximum atomic E-state index is 5.94. The summed E-state index contributed by atoms with van der Waals surface area (Å²) in [6, 6.07) is 8.01. The summed E-state index contributed by atoms with van der Waals surface area (Å²) in [5.74, 6) is 2.34. The molecule has 6 nitrogen and oxygen atoms in total. The molecule has 0 atom stereocenters. The summed E-state index contributed by atoms with van der Waals surface area (Å²) in [4.78, 5) is 8.80. The van der Waals surface area contributed by atoms with Gasteiger partial charge in [-0.3, -0.25) is 0 Å². The second kappa shape index (κ2) is 10.4. The van der Waals surface area contributed by atoms with Crippen LogP contribution < -0.4 is 15.8 Å². The lowest BCUT2D eigenvalue weighted by molar-refractivity contribution is 0.408. The van der Waals surface area contributed by atoms with E-state index in [1.165, 1.54) is 12.8 Å². The Morgan fingerprint density at radius 3 is 2.75 bits per heavy atom. The highest BCUT2D eigenvalue weighted by Crippen LogP contribution is 2.27. The number of nitrogens with two attached hydrogens (primary N) is 1. The number of benzene rings is 1. The van der Waals surface area contributed by atoms with Crippen LogP contribution in [-0.4, -0.2) is 28.2 Å². The smallest absolute Gasteiger partial charge is 0.222 e. The van der Waals surface area contributed by atoms with Gasteiger partial charge in [0.15, 0.2) is 5.82 Å². The largest absolute Gasteiger partial charge is 0.496 e. The van der Waals surface area contributed by atoms with Gasteiger partial charge in [-0.1, -0.05) is 31.9 Å². The molecule has 0 aliphatic heterocycles. The maximum absolute atomic E-state index is 5.94. The first kappa shape index (κ1) is 22.1. The third-order valence-electron chi connectivity index (χ3n) is 4.55. The molecule has 152 valence electrons. The van der Waals surface area contributed by atoms with Crippen LogP contribution in [0.1, 0.15) is 37.3 Å². The minimum absolute atomic E-state index is 0. The Morgan fingerprint density at radius 1 is 1.21 bits per heavy atom. The number of aromatic nitrogens is 3. The summed E-state index contributed by atoms with van der Waals surface area (Å²) in [7, 11) is 1.68. The van der Waals surface area contributed by atoms with Crippen molar-refractivity contribution in [1.29, 1.82) is 0 Å². The van der Waals surface area contributed by atoms with Crippen molar-refractivity contribution in [3.63, 3.8) is 0 Å². The monoisotopic (exact) mass is 423 g/mol. The molecule has 0 radical (unpaired) electrons. The number of halogens is 2. The van der Waals surface area contributed by atoms with E-state index >= 15 is 0 Å². The summed E-state index contributed by atoms with van der Waals surface area (Å²) >= 11 is 5.94.